The third-order valence-electron chi connectivity index (χ3n) is 3.93. The predicted octanol–water partition coefficient (Wildman–Crippen LogP) is 3.52. The Labute approximate surface area is 140 Å². The second-order valence-corrected chi connectivity index (χ2v) is 6.02. The van der Waals surface area contributed by atoms with Crippen LogP contribution in [0.25, 0.3) is 0 Å². The van der Waals surface area contributed by atoms with Crippen molar-refractivity contribution in [3.8, 4) is 0 Å². The molecule has 0 unspecified atom stereocenters. The highest BCUT2D eigenvalue weighted by Gasteiger charge is 2.31. The van der Waals surface area contributed by atoms with Crippen LogP contribution in [0.1, 0.15) is 25.3 Å². The van der Waals surface area contributed by atoms with E-state index in [4.69, 9.17) is 0 Å². The Hall–Kier alpha value is -2.69. The maximum Gasteiger partial charge on any atom is 0.228 e. The van der Waals surface area contributed by atoms with Crippen molar-refractivity contribution in [2.75, 3.05) is 10.2 Å². The maximum atomic E-state index is 13.1. The molecule has 0 aromatic heterocycles. The first kappa shape index (κ1) is 16.2. The van der Waals surface area contributed by atoms with E-state index in [-0.39, 0.29) is 24.1 Å². The molecule has 2 aromatic carbocycles. The Morgan fingerprint density at radius 1 is 1.17 bits per heavy atom. The SMILES string of the molecule is CC(=O)N(c1ccc(NC(=O)Cc2cccc(F)c2)cc1)C1CC1. The minimum absolute atomic E-state index is 0.0281. The first-order valence-electron chi connectivity index (χ1n) is 7.97. The van der Waals surface area contributed by atoms with Gasteiger partial charge < -0.3 is 10.2 Å². The lowest BCUT2D eigenvalue weighted by molar-refractivity contribution is -0.117. The van der Waals surface area contributed by atoms with Gasteiger partial charge in [-0.05, 0) is 54.8 Å². The summed E-state index contributed by atoms with van der Waals surface area (Å²) >= 11 is 0. The monoisotopic (exact) mass is 326 g/mol. The van der Waals surface area contributed by atoms with Gasteiger partial charge in [-0.2, -0.15) is 0 Å². The van der Waals surface area contributed by atoms with E-state index in [9.17, 15) is 14.0 Å². The summed E-state index contributed by atoms with van der Waals surface area (Å²) < 4.78 is 13.1. The average molecular weight is 326 g/mol. The number of hydrogen-bond donors (Lipinski definition) is 1. The van der Waals surface area contributed by atoms with Crippen LogP contribution in [0.5, 0.6) is 0 Å². The Kier molecular flexibility index (Phi) is 4.60. The molecular formula is C19H19FN2O2. The number of nitrogens with one attached hydrogen (secondary N) is 1. The van der Waals surface area contributed by atoms with Crippen molar-refractivity contribution in [2.24, 2.45) is 0 Å². The smallest absolute Gasteiger partial charge is 0.228 e. The van der Waals surface area contributed by atoms with Crippen molar-refractivity contribution in [2.45, 2.75) is 32.2 Å². The lowest BCUT2D eigenvalue weighted by Gasteiger charge is -2.21. The summed E-state index contributed by atoms with van der Waals surface area (Å²) in [6.45, 7) is 1.56. The van der Waals surface area contributed by atoms with Gasteiger partial charge >= 0.3 is 0 Å². The zero-order valence-corrected chi connectivity index (χ0v) is 13.5. The molecule has 0 atom stereocenters. The molecule has 0 saturated heterocycles. The van der Waals surface area contributed by atoms with E-state index >= 15 is 0 Å². The molecule has 0 bridgehead atoms. The highest BCUT2D eigenvalue weighted by Crippen LogP contribution is 2.32. The van der Waals surface area contributed by atoms with Crippen molar-refractivity contribution < 1.29 is 14.0 Å². The number of halogens is 1. The number of carbonyl (C=O) groups is 2. The van der Waals surface area contributed by atoms with E-state index in [1.54, 1.807) is 36.1 Å². The van der Waals surface area contributed by atoms with Crippen molar-refractivity contribution >= 4 is 23.2 Å². The maximum absolute atomic E-state index is 13.1. The molecule has 3 rings (SSSR count). The van der Waals surface area contributed by atoms with Gasteiger partial charge in [0.05, 0.1) is 6.42 Å². The van der Waals surface area contributed by atoms with Crippen LogP contribution in [0.3, 0.4) is 0 Å². The molecule has 24 heavy (non-hydrogen) atoms. The first-order valence-corrected chi connectivity index (χ1v) is 7.97. The van der Waals surface area contributed by atoms with Crippen LogP contribution in [0, 0.1) is 5.82 Å². The second-order valence-electron chi connectivity index (χ2n) is 6.02. The van der Waals surface area contributed by atoms with Gasteiger partial charge in [0.15, 0.2) is 0 Å². The van der Waals surface area contributed by atoms with E-state index in [1.165, 1.54) is 12.1 Å². The summed E-state index contributed by atoms with van der Waals surface area (Å²) in [6, 6.07) is 13.5. The van der Waals surface area contributed by atoms with Gasteiger partial charge in [0.2, 0.25) is 11.8 Å². The van der Waals surface area contributed by atoms with Crippen LogP contribution in [0.15, 0.2) is 48.5 Å². The van der Waals surface area contributed by atoms with Crippen LogP contribution < -0.4 is 10.2 Å². The van der Waals surface area contributed by atoms with Crippen LogP contribution >= 0.6 is 0 Å². The van der Waals surface area contributed by atoms with Crippen LogP contribution in [-0.2, 0) is 16.0 Å². The number of nitrogens with zero attached hydrogens (tertiary/aromatic N) is 1. The van der Waals surface area contributed by atoms with Crippen molar-refractivity contribution in [3.05, 3.63) is 59.9 Å². The lowest BCUT2D eigenvalue weighted by Crippen LogP contribution is -2.30. The molecule has 0 radical (unpaired) electrons. The van der Waals surface area contributed by atoms with Crippen LogP contribution in [0.4, 0.5) is 15.8 Å². The molecule has 1 fully saturated rings. The fourth-order valence-electron chi connectivity index (χ4n) is 2.73. The van der Waals surface area contributed by atoms with E-state index < -0.39 is 0 Å². The molecule has 2 aromatic rings. The van der Waals surface area contributed by atoms with Gasteiger partial charge in [-0.25, -0.2) is 4.39 Å². The van der Waals surface area contributed by atoms with Crippen molar-refractivity contribution in [3.63, 3.8) is 0 Å². The quantitative estimate of drug-likeness (QED) is 0.914. The Morgan fingerprint density at radius 3 is 2.46 bits per heavy atom. The summed E-state index contributed by atoms with van der Waals surface area (Å²) in [5, 5.41) is 2.79. The summed E-state index contributed by atoms with van der Waals surface area (Å²) in [6.07, 6.45) is 2.18. The van der Waals surface area contributed by atoms with Gasteiger partial charge in [0.25, 0.3) is 0 Å². The molecule has 0 heterocycles. The van der Waals surface area contributed by atoms with Gasteiger partial charge in [-0.3, -0.25) is 9.59 Å². The third-order valence-corrected chi connectivity index (χ3v) is 3.93. The number of anilines is 2. The van der Waals surface area contributed by atoms with Gasteiger partial charge in [0, 0.05) is 24.3 Å². The van der Waals surface area contributed by atoms with Crippen molar-refractivity contribution in [1.29, 1.82) is 0 Å². The number of amides is 2. The Morgan fingerprint density at radius 2 is 1.88 bits per heavy atom. The van der Waals surface area contributed by atoms with E-state index in [0.717, 1.165) is 18.5 Å². The standard InChI is InChI=1S/C19H19FN2O2/c1-13(23)22(18-9-10-18)17-7-5-16(6-8-17)21-19(24)12-14-3-2-4-15(20)11-14/h2-8,11,18H,9-10,12H2,1H3,(H,21,24). The molecule has 5 heteroatoms. The second kappa shape index (κ2) is 6.83. The molecule has 124 valence electrons. The Bertz CT molecular complexity index is 754. The predicted molar refractivity (Wildman–Crippen MR) is 91.4 cm³/mol. The fourth-order valence-corrected chi connectivity index (χ4v) is 2.73. The van der Waals surface area contributed by atoms with Crippen LogP contribution in [-0.4, -0.2) is 17.9 Å². The molecule has 1 aliphatic rings. The highest BCUT2D eigenvalue weighted by molar-refractivity contribution is 5.94. The van der Waals surface area contributed by atoms with Crippen LogP contribution in [0.2, 0.25) is 0 Å². The number of hydrogen-bond acceptors (Lipinski definition) is 2. The number of rotatable bonds is 5. The molecule has 4 nitrogen and oxygen atoms in total. The van der Waals surface area contributed by atoms with E-state index in [1.807, 2.05) is 12.1 Å². The topological polar surface area (TPSA) is 49.4 Å². The zero-order valence-electron chi connectivity index (χ0n) is 13.5. The molecular weight excluding hydrogens is 307 g/mol. The molecule has 1 saturated carbocycles. The summed E-state index contributed by atoms with van der Waals surface area (Å²) in [5.74, 6) is -0.534. The van der Waals surface area contributed by atoms with Gasteiger partial charge in [-0.1, -0.05) is 12.1 Å². The minimum atomic E-state index is -0.353. The Balaban J connectivity index is 1.63. The largest absolute Gasteiger partial charge is 0.326 e. The van der Waals surface area contributed by atoms with Gasteiger partial charge in [-0.15, -0.1) is 0 Å². The number of benzene rings is 2. The summed E-state index contributed by atoms with van der Waals surface area (Å²) in [4.78, 5) is 25.6. The highest BCUT2D eigenvalue weighted by atomic mass is 19.1. The molecule has 0 spiro atoms. The van der Waals surface area contributed by atoms with Gasteiger partial charge in [0.1, 0.15) is 5.82 Å². The normalized spacial score (nSPS) is 13.4. The van der Waals surface area contributed by atoms with Crippen molar-refractivity contribution in [1.82, 2.24) is 0 Å². The first-order chi connectivity index (χ1) is 11.5. The average Bonchev–Trinajstić information content (AvgIpc) is 3.33. The molecule has 1 N–H and O–H groups in total. The summed E-state index contributed by atoms with van der Waals surface area (Å²) in [7, 11) is 0. The molecule has 1 aliphatic carbocycles. The fraction of sp³-hybridized carbons (Fsp3) is 0.263. The van der Waals surface area contributed by atoms with E-state index in [2.05, 4.69) is 5.32 Å². The van der Waals surface area contributed by atoms with E-state index in [0.29, 0.717) is 17.3 Å². The minimum Gasteiger partial charge on any atom is -0.326 e. The zero-order chi connectivity index (χ0) is 17.1. The lowest BCUT2D eigenvalue weighted by atomic mass is 10.1. The summed E-state index contributed by atoms with van der Waals surface area (Å²) in [5.41, 5.74) is 2.12. The number of carbonyl (C=O) groups excluding carboxylic acids is 2. The molecule has 0 aliphatic heterocycles. The molecule has 2 amide bonds. The third kappa shape index (κ3) is 3.98.